The summed E-state index contributed by atoms with van der Waals surface area (Å²) in [4.78, 5) is 37.0. The first kappa shape index (κ1) is 14.8. The minimum Gasteiger partial charge on any atom is -0.480 e. The molecule has 0 spiro atoms. The highest BCUT2D eigenvalue weighted by Gasteiger charge is 2.48. The molecule has 22 heavy (non-hydrogen) atoms. The largest absolute Gasteiger partial charge is 0.480 e. The molecule has 6 heteroatoms. The standard InChI is InChI=1S/C16H19NO5/c1-9(18)13-6-7-14(22-13)15(19)17-11-5-3-2-4-10(11)8-12(17)16(20)21/h6-7,10-12H,2-5,8H2,1H3,(H,20,21). The third-order valence-electron chi connectivity index (χ3n) is 4.77. The Balaban J connectivity index is 1.89. The lowest BCUT2D eigenvalue weighted by molar-refractivity contribution is -0.141. The second kappa shape index (κ2) is 5.59. The number of hydrogen-bond donors (Lipinski definition) is 1. The van der Waals surface area contributed by atoms with E-state index in [-0.39, 0.29) is 29.3 Å². The number of fused-ring (bicyclic) bond motifs is 1. The summed E-state index contributed by atoms with van der Waals surface area (Å²) in [6.07, 6.45) is 4.40. The van der Waals surface area contributed by atoms with Crippen molar-refractivity contribution in [2.75, 3.05) is 0 Å². The molecular weight excluding hydrogens is 286 g/mol. The van der Waals surface area contributed by atoms with Crippen LogP contribution in [-0.2, 0) is 4.79 Å². The maximum atomic E-state index is 12.7. The maximum Gasteiger partial charge on any atom is 0.326 e. The molecule has 3 atom stereocenters. The van der Waals surface area contributed by atoms with Crippen LogP contribution in [0.25, 0.3) is 0 Å². The van der Waals surface area contributed by atoms with E-state index in [1.165, 1.54) is 24.0 Å². The molecule has 1 saturated heterocycles. The van der Waals surface area contributed by atoms with Gasteiger partial charge in [0.2, 0.25) is 0 Å². The van der Waals surface area contributed by atoms with E-state index >= 15 is 0 Å². The number of Topliss-reactive ketones (excluding diaryl/α,β-unsaturated/α-hetero) is 1. The summed E-state index contributed by atoms with van der Waals surface area (Å²) in [5.41, 5.74) is 0. The average Bonchev–Trinajstić information content (AvgIpc) is 3.11. The van der Waals surface area contributed by atoms with E-state index in [1.807, 2.05) is 0 Å². The second-order valence-electron chi connectivity index (χ2n) is 6.13. The predicted molar refractivity (Wildman–Crippen MR) is 76.7 cm³/mol. The van der Waals surface area contributed by atoms with Crippen molar-refractivity contribution in [1.29, 1.82) is 0 Å². The zero-order valence-corrected chi connectivity index (χ0v) is 12.4. The molecule has 3 unspecified atom stereocenters. The molecule has 1 amide bonds. The Morgan fingerprint density at radius 3 is 2.50 bits per heavy atom. The fourth-order valence-corrected chi connectivity index (χ4v) is 3.74. The van der Waals surface area contributed by atoms with E-state index in [1.54, 1.807) is 0 Å². The lowest BCUT2D eigenvalue weighted by atomic mass is 9.84. The van der Waals surface area contributed by atoms with Crippen LogP contribution in [-0.4, -0.2) is 39.7 Å². The highest BCUT2D eigenvalue weighted by atomic mass is 16.4. The minimum atomic E-state index is -0.971. The molecule has 2 aliphatic rings. The summed E-state index contributed by atoms with van der Waals surface area (Å²) < 4.78 is 5.29. The van der Waals surface area contributed by atoms with Gasteiger partial charge in [0.15, 0.2) is 17.3 Å². The summed E-state index contributed by atoms with van der Waals surface area (Å²) in [5.74, 6) is -1.24. The van der Waals surface area contributed by atoms with Gasteiger partial charge in [-0.2, -0.15) is 0 Å². The number of hydrogen-bond acceptors (Lipinski definition) is 4. The van der Waals surface area contributed by atoms with Gasteiger partial charge in [0.25, 0.3) is 5.91 Å². The second-order valence-corrected chi connectivity index (χ2v) is 6.13. The number of furan rings is 1. The van der Waals surface area contributed by atoms with Gasteiger partial charge in [-0.05, 0) is 37.3 Å². The zero-order chi connectivity index (χ0) is 15.9. The molecule has 2 fully saturated rings. The Morgan fingerprint density at radius 2 is 1.86 bits per heavy atom. The molecular formula is C16H19NO5. The number of amides is 1. The highest BCUT2D eigenvalue weighted by molar-refractivity contribution is 5.97. The van der Waals surface area contributed by atoms with Crippen LogP contribution in [0.5, 0.6) is 0 Å². The third-order valence-corrected chi connectivity index (χ3v) is 4.77. The van der Waals surface area contributed by atoms with Crippen LogP contribution in [0.3, 0.4) is 0 Å². The predicted octanol–water partition coefficient (Wildman–Crippen LogP) is 2.34. The van der Waals surface area contributed by atoms with E-state index in [2.05, 4.69) is 0 Å². The Kier molecular flexibility index (Phi) is 3.76. The molecule has 118 valence electrons. The number of carboxylic acids is 1. The Bertz CT molecular complexity index is 620. The summed E-state index contributed by atoms with van der Waals surface area (Å²) in [5, 5.41) is 9.44. The van der Waals surface area contributed by atoms with E-state index in [4.69, 9.17) is 4.42 Å². The van der Waals surface area contributed by atoms with Crippen LogP contribution in [0.4, 0.5) is 0 Å². The van der Waals surface area contributed by atoms with Gasteiger partial charge in [-0.25, -0.2) is 4.79 Å². The SMILES string of the molecule is CC(=O)c1ccc(C(=O)N2C(C(=O)O)CC3CCCCC32)o1. The topological polar surface area (TPSA) is 87.8 Å². The van der Waals surface area contributed by atoms with Gasteiger partial charge in [-0.1, -0.05) is 12.8 Å². The van der Waals surface area contributed by atoms with Crippen molar-refractivity contribution in [1.82, 2.24) is 4.90 Å². The summed E-state index contributed by atoms with van der Waals surface area (Å²) in [6.45, 7) is 1.36. The Labute approximate surface area is 128 Å². The third kappa shape index (κ3) is 2.42. The molecule has 3 rings (SSSR count). The van der Waals surface area contributed by atoms with E-state index in [0.29, 0.717) is 6.42 Å². The van der Waals surface area contributed by atoms with Crippen LogP contribution in [0, 0.1) is 5.92 Å². The van der Waals surface area contributed by atoms with Gasteiger partial charge < -0.3 is 14.4 Å². The molecule has 1 N–H and O–H groups in total. The molecule has 0 aromatic carbocycles. The summed E-state index contributed by atoms with van der Waals surface area (Å²) >= 11 is 0. The number of carbonyl (C=O) groups excluding carboxylic acids is 2. The van der Waals surface area contributed by atoms with Crippen molar-refractivity contribution < 1.29 is 23.9 Å². The summed E-state index contributed by atoms with van der Waals surface area (Å²) in [6, 6.07) is 2.08. The van der Waals surface area contributed by atoms with Crippen LogP contribution < -0.4 is 0 Å². The van der Waals surface area contributed by atoms with E-state index in [9.17, 15) is 19.5 Å². The van der Waals surface area contributed by atoms with E-state index in [0.717, 1.165) is 25.7 Å². The Morgan fingerprint density at radius 1 is 1.18 bits per heavy atom. The molecule has 1 aromatic rings. The number of carboxylic acid groups (broad SMARTS) is 1. The summed E-state index contributed by atoms with van der Waals surface area (Å²) in [7, 11) is 0. The van der Waals surface area contributed by atoms with Gasteiger partial charge in [0.05, 0.1) is 0 Å². The quantitative estimate of drug-likeness (QED) is 0.866. The van der Waals surface area contributed by atoms with Gasteiger partial charge in [-0.15, -0.1) is 0 Å². The van der Waals surface area contributed by atoms with Crippen LogP contribution >= 0.6 is 0 Å². The minimum absolute atomic E-state index is 0.0340. The van der Waals surface area contributed by atoms with Crippen LogP contribution in [0.15, 0.2) is 16.5 Å². The molecule has 6 nitrogen and oxygen atoms in total. The first-order valence-corrected chi connectivity index (χ1v) is 7.65. The molecule has 2 heterocycles. The van der Waals surface area contributed by atoms with Gasteiger partial charge >= 0.3 is 5.97 Å². The number of rotatable bonds is 3. The van der Waals surface area contributed by atoms with E-state index < -0.39 is 17.9 Å². The molecule has 1 aromatic heterocycles. The van der Waals surface area contributed by atoms with Crippen molar-refractivity contribution in [3.05, 3.63) is 23.7 Å². The Hall–Kier alpha value is -2.11. The average molecular weight is 305 g/mol. The van der Waals surface area contributed by atoms with Gasteiger partial charge in [0, 0.05) is 13.0 Å². The van der Waals surface area contributed by atoms with Crippen molar-refractivity contribution in [2.45, 2.75) is 51.1 Å². The van der Waals surface area contributed by atoms with Gasteiger partial charge in [-0.3, -0.25) is 9.59 Å². The van der Waals surface area contributed by atoms with Gasteiger partial charge in [0.1, 0.15) is 6.04 Å². The molecule has 1 aliphatic heterocycles. The molecule has 0 bridgehead atoms. The highest BCUT2D eigenvalue weighted by Crippen LogP contribution is 2.40. The first-order chi connectivity index (χ1) is 10.5. The number of carbonyl (C=O) groups is 3. The fourth-order valence-electron chi connectivity index (χ4n) is 3.74. The fraction of sp³-hybridized carbons (Fsp3) is 0.562. The normalized spacial score (nSPS) is 27.5. The number of aliphatic carboxylic acids is 1. The molecule has 1 saturated carbocycles. The molecule has 0 radical (unpaired) electrons. The number of likely N-dealkylation sites (tertiary alicyclic amines) is 1. The smallest absolute Gasteiger partial charge is 0.326 e. The van der Waals surface area contributed by atoms with Crippen molar-refractivity contribution in [3.8, 4) is 0 Å². The number of nitrogens with zero attached hydrogens (tertiary/aromatic N) is 1. The van der Waals surface area contributed by atoms with Crippen molar-refractivity contribution in [2.24, 2.45) is 5.92 Å². The lowest BCUT2D eigenvalue weighted by Gasteiger charge is -2.32. The maximum absolute atomic E-state index is 12.7. The monoisotopic (exact) mass is 305 g/mol. The molecule has 1 aliphatic carbocycles. The lowest BCUT2D eigenvalue weighted by Crippen LogP contribution is -2.46. The zero-order valence-electron chi connectivity index (χ0n) is 12.4. The van der Waals surface area contributed by atoms with Crippen LogP contribution in [0.2, 0.25) is 0 Å². The van der Waals surface area contributed by atoms with Crippen LogP contribution in [0.1, 0.15) is 60.1 Å². The van der Waals surface area contributed by atoms with Crippen molar-refractivity contribution >= 4 is 17.7 Å². The first-order valence-electron chi connectivity index (χ1n) is 7.65. The van der Waals surface area contributed by atoms with Crippen molar-refractivity contribution in [3.63, 3.8) is 0 Å². The number of ketones is 1.